The normalized spacial score (nSPS) is 10.0. The number of nitrogens with zero attached hydrogens (tertiary/aromatic N) is 3. The third-order valence-electron chi connectivity index (χ3n) is 1.90. The van der Waals surface area contributed by atoms with E-state index in [0.29, 0.717) is 0 Å². The first-order valence-corrected chi connectivity index (χ1v) is 4.93. The highest BCUT2D eigenvalue weighted by molar-refractivity contribution is 6.32. The van der Waals surface area contributed by atoms with Gasteiger partial charge in [-0.3, -0.25) is 9.78 Å². The maximum atomic E-state index is 13.3. The van der Waals surface area contributed by atoms with Gasteiger partial charge in [0, 0.05) is 18.6 Å². The molecule has 0 spiro atoms. The van der Waals surface area contributed by atoms with E-state index >= 15 is 0 Å². The minimum absolute atomic E-state index is 0.0373. The molecule has 0 atom stereocenters. The van der Waals surface area contributed by atoms with E-state index in [1.54, 1.807) is 0 Å². The van der Waals surface area contributed by atoms with E-state index in [1.807, 2.05) is 0 Å². The van der Waals surface area contributed by atoms with Gasteiger partial charge in [-0.05, 0) is 6.07 Å². The Hall–Kier alpha value is -2.08. The smallest absolute Gasteiger partial charge is 0.259 e. The zero-order valence-electron chi connectivity index (χ0n) is 8.39. The average Bonchev–Trinajstić information content (AvgIpc) is 2.32. The molecule has 0 saturated heterocycles. The number of hydrogen-bond donors (Lipinski definition) is 1. The Morgan fingerprint density at radius 1 is 1.29 bits per heavy atom. The quantitative estimate of drug-likeness (QED) is 0.887. The number of nitrogens with one attached hydrogen (secondary N) is 1. The third-order valence-corrected chi connectivity index (χ3v) is 2.18. The van der Waals surface area contributed by atoms with E-state index in [9.17, 15) is 9.18 Å². The van der Waals surface area contributed by atoms with Crippen LogP contribution >= 0.6 is 11.6 Å². The number of amides is 1. The molecule has 0 unspecified atom stereocenters. The van der Waals surface area contributed by atoms with Crippen molar-refractivity contribution in [3.8, 4) is 0 Å². The predicted molar refractivity (Wildman–Crippen MR) is 59.2 cm³/mol. The standard InChI is InChI=1S/C10H6ClFN4O/c11-8-9(15-4-3-14-8)16-10(17)6-1-2-13-5-7(6)12/h1-5H,(H,15,16,17). The van der Waals surface area contributed by atoms with E-state index in [0.717, 1.165) is 6.20 Å². The van der Waals surface area contributed by atoms with Crippen LogP contribution in [0.25, 0.3) is 0 Å². The molecule has 1 N–H and O–H groups in total. The number of halogens is 2. The fraction of sp³-hybridized carbons (Fsp3) is 0. The van der Waals surface area contributed by atoms with Gasteiger partial charge in [0.15, 0.2) is 16.8 Å². The lowest BCUT2D eigenvalue weighted by atomic mass is 10.2. The van der Waals surface area contributed by atoms with Crippen molar-refractivity contribution in [1.29, 1.82) is 0 Å². The van der Waals surface area contributed by atoms with Crippen LogP contribution in [0.5, 0.6) is 0 Å². The van der Waals surface area contributed by atoms with Crippen molar-refractivity contribution in [2.45, 2.75) is 0 Å². The molecular weight excluding hydrogens is 247 g/mol. The largest absolute Gasteiger partial charge is 0.304 e. The van der Waals surface area contributed by atoms with Gasteiger partial charge in [0.2, 0.25) is 0 Å². The SMILES string of the molecule is O=C(Nc1nccnc1Cl)c1ccncc1F. The lowest BCUT2D eigenvalue weighted by Gasteiger charge is -2.05. The Kier molecular flexibility index (Phi) is 3.24. The van der Waals surface area contributed by atoms with Gasteiger partial charge >= 0.3 is 0 Å². The van der Waals surface area contributed by atoms with Crippen LogP contribution in [-0.4, -0.2) is 20.9 Å². The highest BCUT2D eigenvalue weighted by Gasteiger charge is 2.13. The number of carbonyl (C=O) groups excluding carboxylic acids is 1. The average molecular weight is 253 g/mol. The Bertz CT molecular complexity index is 564. The summed E-state index contributed by atoms with van der Waals surface area (Å²) in [6.45, 7) is 0. The molecule has 2 aromatic rings. The van der Waals surface area contributed by atoms with Gasteiger partial charge < -0.3 is 5.32 Å². The van der Waals surface area contributed by atoms with Crippen molar-refractivity contribution in [1.82, 2.24) is 15.0 Å². The second-order valence-electron chi connectivity index (χ2n) is 3.01. The van der Waals surface area contributed by atoms with Crippen molar-refractivity contribution in [3.05, 3.63) is 47.4 Å². The van der Waals surface area contributed by atoms with Gasteiger partial charge in [-0.25, -0.2) is 14.4 Å². The summed E-state index contributed by atoms with van der Waals surface area (Å²) < 4.78 is 13.3. The minimum Gasteiger partial charge on any atom is -0.304 e. The summed E-state index contributed by atoms with van der Waals surface area (Å²) in [5, 5.41) is 2.39. The van der Waals surface area contributed by atoms with Crippen molar-refractivity contribution in [2.24, 2.45) is 0 Å². The molecule has 0 saturated carbocycles. The maximum Gasteiger partial charge on any atom is 0.259 e. The summed E-state index contributed by atoms with van der Waals surface area (Å²) >= 11 is 5.70. The molecule has 1 amide bonds. The van der Waals surface area contributed by atoms with Crippen molar-refractivity contribution >= 4 is 23.3 Å². The van der Waals surface area contributed by atoms with E-state index in [4.69, 9.17) is 11.6 Å². The Labute approximate surface area is 101 Å². The number of hydrogen-bond acceptors (Lipinski definition) is 4. The van der Waals surface area contributed by atoms with Crippen LogP contribution in [-0.2, 0) is 0 Å². The highest BCUT2D eigenvalue weighted by atomic mass is 35.5. The lowest BCUT2D eigenvalue weighted by molar-refractivity contribution is 0.102. The van der Waals surface area contributed by atoms with Gasteiger partial charge in [0.1, 0.15) is 0 Å². The molecule has 2 aromatic heterocycles. The Morgan fingerprint density at radius 3 is 2.76 bits per heavy atom. The molecule has 5 nitrogen and oxygen atoms in total. The van der Waals surface area contributed by atoms with Gasteiger partial charge in [-0.1, -0.05) is 11.6 Å². The van der Waals surface area contributed by atoms with Crippen LogP contribution < -0.4 is 5.32 Å². The van der Waals surface area contributed by atoms with Crippen LogP contribution in [0.15, 0.2) is 30.9 Å². The summed E-state index contributed by atoms with van der Waals surface area (Å²) in [7, 11) is 0. The molecule has 0 aliphatic rings. The second-order valence-corrected chi connectivity index (χ2v) is 3.36. The van der Waals surface area contributed by atoms with Crippen molar-refractivity contribution < 1.29 is 9.18 Å². The molecule has 0 fully saturated rings. The fourth-order valence-electron chi connectivity index (χ4n) is 1.14. The molecular formula is C10H6ClFN4O. The lowest BCUT2D eigenvalue weighted by Crippen LogP contribution is -2.15. The summed E-state index contributed by atoms with van der Waals surface area (Å²) in [4.78, 5) is 22.8. The minimum atomic E-state index is -0.718. The molecule has 2 rings (SSSR count). The molecule has 17 heavy (non-hydrogen) atoms. The number of pyridine rings is 1. The fourth-order valence-corrected chi connectivity index (χ4v) is 1.29. The van der Waals surface area contributed by atoms with Gasteiger partial charge in [-0.2, -0.15) is 0 Å². The van der Waals surface area contributed by atoms with Crippen LogP contribution in [0.4, 0.5) is 10.2 Å². The topological polar surface area (TPSA) is 67.8 Å². The predicted octanol–water partition coefficient (Wildman–Crippen LogP) is 1.92. The molecule has 0 aliphatic carbocycles. The summed E-state index contributed by atoms with van der Waals surface area (Å²) in [5.74, 6) is -1.30. The summed E-state index contributed by atoms with van der Waals surface area (Å²) in [6.07, 6.45) is 5.01. The first kappa shape index (κ1) is 11.4. The van der Waals surface area contributed by atoms with Crippen LogP contribution in [0.1, 0.15) is 10.4 Å². The molecule has 0 aromatic carbocycles. The number of anilines is 1. The van der Waals surface area contributed by atoms with Gasteiger partial charge in [0.05, 0.1) is 11.8 Å². The van der Waals surface area contributed by atoms with Crippen molar-refractivity contribution in [2.75, 3.05) is 5.32 Å². The molecule has 7 heteroatoms. The van der Waals surface area contributed by atoms with E-state index in [2.05, 4.69) is 20.3 Å². The third kappa shape index (κ3) is 2.54. The van der Waals surface area contributed by atoms with E-state index < -0.39 is 11.7 Å². The van der Waals surface area contributed by atoms with Crippen molar-refractivity contribution in [3.63, 3.8) is 0 Å². The summed E-state index contributed by atoms with van der Waals surface area (Å²) in [6, 6.07) is 1.26. The van der Waals surface area contributed by atoms with Crippen LogP contribution in [0.3, 0.4) is 0 Å². The molecule has 86 valence electrons. The number of rotatable bonds is 2. The zero-order chi connectivity index (χ0) is 12.3. The van der Waals surface area contributed by atoms with E-state index in [-0.39, 0.29) is 16.5 Å². The molecule has 0 bridgehead atoms. The highest BCUT2D eigenvalue weighted by Crippen LogP contribution is 2.15. The van der Waals surface area contributed by atoms with Gasteiger partial charge in [-0.15, -0.1) is 0 Å². The maximum absolute atomic E-state index is 13.3. The Morgan fingerprint density at radius 2 is 2.06 bits per heavy atom. The van der Waals surface area contributed by atoms with E-state index in [1.165, 1.54) is 24.7 Å². The zero-order valence-corrected chi connectivity index (χ0v) is 9.15. The summed E-state index contributed by atoms with van der Waals surface area (Å²) in [5.41, 5.74) is -0.137. The number of carbonyl (C=O) groups is 1. The molecule has 0 radical (unpaired) electrons. The molecule has 2 heterocycles. The molecule has 0 aliphatic heterocycles. The van der Waals surface area contributed by atoms with Crippen LogP contribution in [0.2, 0.25) is 5.15 Å². The Balaban J connectivity index is 2.24. The second kappa shape index (κ2) is 4.84. The number of aromatic nitrogens is 3. The monoisotopic (exact) mass is 252 g/mol. The van der Waals surface area contributed by atoms with Gasteiger partial charge in [0.25, 0.3) is 5.91 Å². The first-order valence-electron chi connectivity index (χ1n) is 4.56. The first-order chi connectivity index (χ1) is 8.18. The van der Waals surface area contributed by atoms with Crippen LogP contribution in [0, 0.1) is 5.82 Å².